The van der Waals surface area contributed by atoms with E-state index >= 15 is 0 Å². The second-order valence-corrected chi connectivity index (χ2v) is 11.1. The van der Waals surface area contributed by atoms with Crippen LogP contribution in [0.1, 0.15) is 30.3 Å². The molecule has 0 bridgehead atoms. The molecular weight excluding hydrogens is 555 g/mol. The Balaban J connectivity index is 1.76. The summed E-state index contributed by atoms with van der Waals surface area (Å²) in [5.74, 6) is -1.14. The number of piperazine rings is 1. The average molecular weight is 593 g/mol. The van der Waals surface area contributed by atoms with Gasteiger partial charge in [0.2, 0.25) is 5.91 Å². The quantitative estimate of drug-likeness (QED) is 0.232. The third-order valence-electron chi connectivity index (χ3n) is 6.25. The highest BCUT2D eigenvalue weighted by Crippen LogP contribution is 2.35. The number of aromatic nitrogens is 1. The number of benzene rings is 1. The van der Waals surface area contributed by atoms with Gasteiger partial charge in [0.05, 0.1) is 25.1 Å². The summed E-state index contributed by atoms with van der Waals surface area (Å²) in [6, 6.07) is 10.6. The van der Waals surface area contributed by atoms with Gasteiger partial charge in [0.15, 0.2) is 0 Å². The Kier molecular flexibility index (Phi) is 12.1. The molecular formula is C27H37N4O9P. The van der Waals surface area contributed by atoms with Gasteiger partial charge in [-0.2, -0.15) is 0 Å². The van der Waals surface area contributed by atoms with Crippen LogP contribution in [0.3, 0.4) is 0 Å². The van der Waals surface area contributed by atoms with Gasteiger partial charge in [-0.3, -0.25) is 14.2 Å². The van der Waals surface area contributed by atoms with E-state index in [9.17, 15) is 28.7 Å². The Morgan fingerprint density at radius 1 is 1.02 bits per heavy atom. The normalized spacial score (nSPS) is 14.3. The molecule has 41 heavy (non-hydrogen) atoms. The highest BCUT2D eigenvalue weighted by Gasteiger charge is 2.35. The molecule has 14 heteroatoms. The van der Waals surface area contributed by atoms with Crippen LogP contribution in [-0.2, 0) is 18.8 Å². The minimum atomic E-state index is -4.71. The zero-order valence-electron chi connectivity index (χ0n) is 23.2. The first kappa shape index (κ1) is 32.0. The van der Waals surface area contributed by atoms with Crippen LogP contribution < -0.4 is 10.1 Å². The van der Waals surface area contributed by atoms with Gasteiger partial charge < -0.3 is 39.1 Å². The summed E-state index contributed by atoms with van der Waals surface area (Å²) >= 11 is 0. The number of carbonyl (C=O) groups excluding carboxylic acids is 3. The molecule has 0 aliphatic carbocycles. The third-order valence-corrected chi connectivity index (χ3v) is 7.09. The predicted molar refractivity (Wildman–Crippen MR) is 150 cm³/mol. The highest BCUT2D eigenvalue weighted by molar-refractivity contribution is 7.51. The van der Waals surface area contributed by atoms with E-state index in [1.54, 1.807) is 6.07 Å². The molecule has 3 rings (SSSR count). The lowest BCUT2D eigenvalue weighted by molar-refractivity contribution is -0.134. The maximum atomic E-state index is 13.3. The first-order valence-corrected chi connectivity index (χ1v) is 15.2. The van der Waals surface area contributed by atoms with E-state index in [1.165, 1.54) is 23.0 Å². The van der Waals surface area contributed by atoms with Crippen molar-refractivity contribution in [1.29, 1.82) is 0 Å². The van der Waals surface area contributed by atoms with Crippen LogP contribution in [0.5, 0.6) is 5.75 Å². The number of methoxy groups -OCH3 is 1. The smallest absolute Gasteiger partial charge is 0.409 e. The lowest BCUT2D eigenvalue weighted by Crippen LogP contribution is -2.56. The molecule has 0 radical (unpaired) electrons. The molecule has 1 fully saturated rings. The van der Waals surface area contributed by atoms with E-state index in [2.05, 4.69) is 10.3 Å². The largest absolute Gasteiger partial charge is 0.491 e. The maximum Gasteiger partial charge on any atom is 0.409 e. The number of ether oxygens (including phenoxy) is 3. The minimum absolute atomic E-state index is 0.0954. The third kappa shape index (κ3) is 10.1. The fourth-order valence-electron chi connectivity index (χ4n) is 4.09. The molecule has 0 spiro atoms. The predicted octanol–water partition coefficient (Wildman–Crippen LogP) is 2.13. The van der Waals surface area contributed by atoms with Crippen molar-refractivity contribution in [3.8, 4) is 17.0 Å². The molecule has 1 aromatic carbocycles. The van der Waals surface area contributed by atoms with Crippen LogP contribution in [0.2, 0.25) is 0 Å². The van der Waals surface area contributed by atoms with Crippen molar-refractivity contribution >= 4 is 25.5 Å². The number of amides is 3. The summed E-state index contributed by atoms with van der Waals surface area (Å²) in [7, 11) is -3.18. The molecule has 1 unspecified atom stereocenters. The summed E-state index contributed by atoms with van der Waals surface area (Å²) in [4.78, 5) is 65.5. The maximum absolute atomic E-state index is 13.3. The molecule has 1 aliphatic rings. The molecule has 224 valence electrons. The number of unbranched alkanes of at least 4 members (excludes halogenated alkanes) is 1. The lowest BCUT2D eigenvalue weighted by atomic mass is 10.1. The van der Waals surface area contributed by atoms with E-state index < -0.39 is 37.7 Å². The molecule has 2 aromatic rings. The van der Waals surface area contributed by atoms with Crippen molar-refractivity contribution in [2.75, 3.05) is 59.3 Å². The van der Waals surface area contributed by atoms with Gasteiger partial charge >= 0.3 is 13.7 Å². The van der Waals surface area contributed by atoms with Crippen molar-refractivity contribution < 1.29 is 42.9 Å². The molecule has 0 saturated carbocycles. The number of nitrogens with one attached hydrogen (secondary N) is 1. The summed E-state index contributed by atoms with van der Waals surface area (Å²) in [5, 5.41) is 2.46. The van der Waals surface area contributed by atoms with Gasteiger partial charge in [-0.05, 0) is 6.42 Å². The topological polar surface area (TPSA) is 168 Å². The zero-order chi connectivity index (χ0) is 29.8. The molecule has 1 aliphatic heterocycles. The van der Waals surface area contributed by atoms with Crippen molar-refractivity contribution in [2.45, 2.75) is 25.8 Å². The number of nitrogens with zero attached hydrogens (tertiary/aromatic N) is 3. The Bertz CT molecular complexity index is 1220. The molecule has 1 atom stereocenters. The van der Waals surface area contributed by atoms with Crippen LogP contribution in [0, 0.1) is 0 Å². The van der Waals surface area contributed by atoms with Crippen LogP contribution in [0.15, 0.2) is 42.5 Å². The van der Waals surface area contributed by atoms with E-state index in [1.807, 2.05) is 37.3 Å². The van der Waals surface area contributed by atoms with Crippen LogP contribution in [0.25, 0.3) is 11.3 Å². The van der Waals surface area contributed by atoms with Gasteiger partial charge in [-0.25, -0.2) is 9.78 Å². The first-order valence-electron chi connectivity index (χ1n) is 13.4. The number of rotatable bonds is 13. The summed E-state index contributed by atoms with van der Waals surface area (Å²) in [6.07, 6.45) is 0.263. The Morgan fingerprint density at radius 3 is 2.34 bits per heavy atom. The van der Waals surface area contributed by atoms with Crippen molar-refractivity contribution in [2.24, 2.45) is 0 Å². The van der Waals surface area contributed by atoms with Crippen LogP contribution in [0.4, 0.5) is 4.79 Å². The lowest BCUT2D eigenvalue weighted by Gasteiger charge is -2.36. The number of carbonyl (C=O) groups is 3. The Hall–Kier alpha value is -3.51. The second-order valence-electron chi connectivity index (χ2n) is 9.43. The van der Waals surface area contributed by atoms with Crippen LogP contribution >= 0.6 is 7.60 Å². The van der Waals surface area contributed by atoms with Gasteiger partial charge in [-0.1, -0.05) is 43.7 Å². The van der Waals surface area contributed by atoms with E-state index in [0.29, 0.717) is 30.2 Å². The van der Waals surface area contributed by atoms with Crippen molar-refractivity contribution in [3.05, 3.63) is 48.2 Å². The zero-order valence-corrected chi connectivity index (χ0v) is 24.1. The monoisotopic (exact) mass is 592 g/mol. The summed E-state index contributed by atoms with van der Waals surface area (Å²) in [6.45, 7) is 3.44. The van der Waals surface area contributed by atoms with E-state index in [0.717, 1.165) is 12.8 Å². The van der Waals surface area contributed by atoms with Crippen LogP contribution in [-0.4, -0.2) is 108 Å². The first-order chi connectivity index (χ1) is 19.6. The highest BCUT2D eigenvalue weighted by atomic mass is 31.2. The molecule has 3 N–H and O–H groups in total. The van der Waals surface area contributed by atoms with Crippen molar-refractivity contribution in [1.82, 2.24) is 20.1 Å². The van der Waals surface area contributed by atoms with E-state index in [-0.39, 0.29) is 38.5 Å². The second kappa shape index (κ2) is 15.5. The average Bonchev–Trinajstić information content (AvgIpc) is 2.96. The molecule has 3 amide bonds. The Labute approximate surface area is 238 Å². The van der Waals surface area contributed by atoms with Gasteiger partial charge in [0.25, 0.3) is 5.91 Å². The van der Waals surface area contributed by atoms with Gasteiger partial charge in [-0.15, -0.1) is 0 Å². The number of hydrogen-bond acceptors (Lipinski definition) is 8. The summed E-state index contributed by atoms with van der Waals surface area (Å²) < 4.78 is 27.8. The number of hydrogen-bond donors (Lipinski definition) is 3. The molecule has 13 nitrogen and oxygen atoms in total. The van der Waals surface area contributed by atoms with Crippen molar-refractivity contribution in [3.63, 3.8) is 0 Å². The fourth-order valence-corrected chi connectivity index (χ4v) is 4.81. The minimum Gasteiger partial charge on any atom is -0.491 e. The standard InChI is InChI=1S/C27H37N4O9P/c1-3-4-14-40-27(34)31-12-10-30(11-13-31)26(33)24(19-41(35,36)37)29-25(32)23-18-21(39-16-15-38-2)17-22(28-23)20-8-6-5-7-9-20/h5-9,17-18,24H,3-4,10-16,19H2,1-2H3,(H,29,32)(H2,35,36,37). The van der Waals surface area contributed by atoms with Gasteiger partial charge in [0.1, 0.15) is 24.1 Å². The molecule has 1 aromatic heterocycles. The number of pyridine rings is 1. The SMILES string of the molecule is CCCCOC(=O)N1CCN(C(=O)C(CP(=O)(O)O)NC(=O)c2cc(OCCOC)cc(-c3ccccc3)n2)CC1. The molecule has 2 heterocycles. The Morgan fingerprint density at radius 2 is 1.71 bits per heavy atom. The molecule has 1 saturated heterocycles. The van der Waals surface area contributed by atoms with E-state index in [4.69, 9.17) is 14.2 Å². The fraction of sp³-hybridized carbons (Fsp3) is 0.481. The summed E-state index contributed by atoms with van der Waals surface area (Å²) in [5.41, 5.74) is 1.06. The van der Waals surface area contributed by atoms with Gasteiger partial charge in [0, 0.05) is 51.0 Å².